The van der Waals surface area contributed by atoms with Crippen molar-refractivity contribution in [3.63, 3.8) is 0 Å². The lowest BCUT2D eigenvalue weighted by molar-refractivity contribution is -0.384. The molecule has 0 saturated heterocycles. The molecule has 0 spiro atoms. The summed E-state index contributed by atoms with van der Waals surface area (Å²) in [5, 5.41) is 10.6. The van der Waals surface area contributed by atoms with Crippen LogP contribution in [0.25, 0.3) is 12.2 Å². The van der Waals surface area contributed by atoms with Gasteiger partial charge in [0.15, 0.2) is 0 Å². The molecule has 134 valence electrons. The fourth-order valence-electron chi connectivity index (χ4n) is 2.14. The van der Waals surface area contributed by atoms with Crippen LogP contribution in [0.15, 0.2) is 61.2 Å². The molecule has 0 aliphatic rings. The molecule has 6 nitrogen and oxygen atoms in total. The molecule has 26 heavy (non-hydrogen) atoms. The molecule has 2 aromatic rings. The smallest absolute Gasteiger partial charge is 0.333 e. The molecule has 0 aliphatic carbocycles. The quantitative estimate of drug-likeness (QED) is 0.181. The van der Waals surface area contributed by atoms with E-state index in [0.29, 0.717) is 5.75 Å². The van der Waals surface area contributed by atoms with Crippen LogP contribution in [0.2, 0.25) is 0 Å². The highest BCUT2D eigenvalue weighted by Crippen LogP contribution is 2.21. The van der Waals surface area contributed by atoms with Crippen LogP contribution in [-0.4, -0.2) is 16.7 Å². The predicted octanol–water partition coefficient (Wildman–Crippen LogP) is 4.61. The third-order valence-electron chi connectivity index (χ3n) is 3.33. The lowest BCUT2D eigenvalue weighted by atomic mass is 10.1. The Bertz CT molecular complexity index is 820. The number of carbonyl (C=O) groups excluding carboxylic acids is 1. The maximum absolute atomic E-state index is 11.3. The number of benzene rings is 2. The minimum atomic E-state index is -1.11. The monoisotopic (exact) mass is 353 g/mol. The molecular weight excluding hydrogens is 334 g/mol. The molecule has 0 atom stereocenters. The largest absolute Gasteiger partial charge is 0.453 e. The second-order valence-electron chi connectivity index (χ2n) is 5.88. The maximum atomic E-state index is 11.3. The Balaban J connectivity index is 2.01. The van der Waals surface area contributed by atoms with Crippen molar-refractivity contribution >= 4 is 23.8 Å². The molecule has 0 saturated carbocycles. The zero-order chi connectivity index (χ0) is 19.2. The Labute approximate surface area is 151 Å². The van der Waals surface area contributed by atoms with Crippen molar-refractivity contribution in [2.24, 2.45) is 0 Å². The number of esters is 1. The van der Waals surface area contributed by atoms with E-state index < -0.39 is 16.7 Å². The minimum Gasteiger partial charge on any atom is -0.453 e. The highest BCUT2D eigenvalue weighted by atomic mass is 16.7. The van der Waals surface area contributed by atoms with Crippen molar-refractivity contribution in [2.75, 3.05) is 0 Å². The van der Waals surface area contributed by atoms with Gasteiger partial charge in [0, 0.05) is 32.1 Å². The summed E-state index contributed by atoms with van der Waals surface area (Å²) in [4.78, 5) is 21.5. The molecule has 0 fully saturated rings. The highest BCUT2D eigenvalue weighted by molar-refractivity contribution is 5.81. The van der Waals surface area contributed by atoms with Crippen molar-refractivity contribution in [3.8, 4) is 5.75 Å². The van der Waals surface area contributed by atoms with Crippen molar-refractivity contribution in [3.05, 3.63) is 82.4 Å². The lowest BCUT2D eigenvalue weighted by Crippen LogP contribution is -2.33. The Morgan fingerprint density at radius 2 is 1.54 bits per heavy atom. The summed E-state index contributed by atoms with van der Waals surface area (Å²) in [6, 6.07) is 13.5. The predicted molar refractivity (Wildman–Crippen MR) is 99.5 cm³/mol. The number of carbonyl (C=O) groups is 1. The molecule has 0 amide bonds. The first-order chi connectivity index (χ1) is 12.3. The molecule has 2 rings (SSSR count). The summed E-state index contributed by atoms with van der Waals surface area (Å²) in [7, 11) is 0. The fourth-order valence-corrected chi connectivity index (χ4v) is 2.14. The number of hydrogen-bond donors (Lipinski definition) is 0. The van der Waals surface area contributed by atoms with Gasteiger partial charge >= 0.3 is 5.97 Å². The zero-order valence-corrected chi connectivity index (χ0v) is 14.5. The minimum absolute atomic E-state index is 0.0587. The van der Waals surface area contributed by atoms with Crippen molar-refractivity contribution in [1.29, 1.82) is 0 Å². The summed E-state index contributed by atoms with van der Waals surface area (Å²) < 4.78 is 10.8. The first-order valence-corrected chi connectivity index (χ1v) is 7.86. The molecule has 0 unspecified atom stereocenters. The van der Waals surface area contributed by atoms with Gasteiger partial charge < -0.3 is 9.47 Å². The second-order valence-corrected chi connectivity index (χ2v) is 5.88. The third-order valence-corrected chi connectivity index (χ3v) is 3.33. The Kier molecular flexibility index (Phi) is 5.90. The molecule has 2 aromatic carbocycles. The van der Waals surface area contributed by atoms with Gasteiger partial charge in [-0.1, -0.05) is 30.9 Å². The van der Waals surface area contributed by atoms with Crippen molar-refractivity contribution in [2.45, 2.75) is 19.6 Å². The SMILES string of the molecule is C=CC(=O)OC(C)(C)Oc1ccc(C=Cc2ccc([N+](=O)[O-])cc2)cc1. The number of nitrogens with zero attached hydrogens (tertiary/aromatic N) is 1. The van der Waals surface area contributed by atoms with Crippen LogP contribution < -0.4 is 4.74 Å². The Morgan fingerprint density at radius 3 is 2.00 bits per heavy atom. The number of rotatable bonds is 7. The topological polar surface area (TPSA) is 78.7 Å². The van der Waals surface area contributed by atoms with Gasteiger partial charge in [-0.15, -0.1) is 0 Å². The molecule has 0 radical (unpaired) electrons. The standard InChI is InChI=1S/C20H19NO5/c1-4-19(22)26-20(2,3)25-18-13-9-16(10-14-18)6-5-15-7-11-17(12-8-15)21(23)24/h4-14H,1H2,2-3H3. The van der Waals surface area contributed by atoms with E-state index in [1.165, 1.54) is 12.1 Å². The van der Waals surface area contributed by atoms with Gasteiger partial charge in [0.05, 0.1) is 4.92 Å². The average molecular weight is 353 g/mol. The van der Waals surface area contributed by atoms with E-state index in [-0.39, 0.29) is 5.69 Å². The van der Waals surface area contributed by atoms with Crippen molar-refractivity contribution < 1.29 is 19.2 Å². The van der Waals surface area contributed by atoms with Crippen LogP contribution in [0.3, 0.4) is 0 Å². The van der Waals surface area contributed by atoms with E-state index in [9.17, 15) is 14.9 Å². The zero-order valence-electron chi connectivity index (χ0n) is 14.5. The molecule has 0 heterocycles. The van der Waals surface area contributed by atoms with Gasteiger partial charge in [0.2, 0.25) is 5.79 Å². The van der Waals surface area contributed by atoms with Gasteiger partial charge in [0.1, 0.15) is 5.75 Å². The number of nitro benzene ring substituents is 1. The van der Waals surface area contributed by atoms with Gasteiger partial charge in [0.25, 0.3) is 5.69 Å². The summed E-state index contributed by atoms with van der Waals surface area (Å²) in [6.07, 6.45) is 4.82. The van der Waals surface area contributed by atoms with E-state index in [1.54, 1.807) is 38.1 Å². The summed E-state index contributed by atoms with van der Waals surface area (Å²) in [5.41, 5.74) is 1.84. The number of ether oxygens (including phenoxy) is 2. The van der Waals surface area contributed by atoms with E-state index in [4.69, 9.17) is 9.47 Å². The summed E-state index contributed by atoms with van der Waals surface area (Å²) in [5.74, 6) is -1.11. The van der Waals surface area contributed by atoms with Crippen LogP contribution in [0.5, 0.6) is 5.75 Å². The van der Waals surface area contributed by atoms with E-state index in [2.05, 4.69) is 6.58 Å². The van der Waals surface area contributed by atoms with Crippen LogP contribution in [-0.2, 0) is 9.53 Å². The number of non-ortho nitro benzene ring substituents is 1. The van der Waals surface area contributed by atoms with Gasteiger partial charge in [-0.05, 0) is 35.4 Å². The average Bonchev–Trinajstić information content (AvgIpc) is 2.60. The molecular formula is C20H19NO5. The van der Waals surface area contributed by atoms with E-state index >= 15 is 0 Å². The molecule has 0 bridgehead atoms. The molecule has 0 aliphatic heterocycles. The summed E-state index contributed by atoms with van der Waals surface area (Å²) in [6.45, 7) is 6.62. The summed E-state index contributed by atoms with van der Waals surface area (Å²) >= 11 is 0. The Hall–Kier alpha value is -3.41. The van der Waals surface area contributed by atoms with E-state index in [0.717, 1.165) is 17.2 Å². The van der Waals surface area contributed by atoms with Crippen molar-refractivity contribution in [1.82, 2.24) is 0 Å². The molecule has 0 aromatic heterocycles. The molecule has 6 heteroatoms. The van der Waals surface area contributed by atoms with Gasteiger partial charge in [-0.3, -0.25) is 10.1 Å². The lowest BCUT2D eigenvalue weighted by Gasteiger charge is -2.25. The third kappa shape index (κ3) is 5.59. The van der Waals surface area contributed by atoms with E-state index in [1.807, 2.05) is 24.3 Å². The highest BCUT2D eigenvalue weighted by Gasteiger charge is 2.23. The first kappa shape index (κ1) is 18.9. The molecule has 0 N–H and O–H groups in total. The number of nitro groups is 1. The van der Waals surface area contributed by atoms with Crippen LogP contribution in [0.4, 0.5) is 5.69 Å². The van der Waals surface area contributed by atoms with Crippen LogP contribution in [0.1, 0.15) is 25.0 Å². The van der Waals surface area contributed by atoms with Gasteiger partial charge in [-0.2, -0.15) is 0 Å². The van der Waals surface area contributed by atoms with Gasteiger partial charge in [-0.25, -0.2) is 4.79 Å². The van der Waals surface area contributed by atoms with Crippen LogP contribution in [0, 0.1) is 10.1 Å². The Morgan fingerprint density at radius 1 is 1.04 bits per heavy atom. The maximum Gasteiger partial charge on any atom is 0.333 e. The second kappa shape index (κ2) is 8.11. The van der Waals surface area contributed by atoms with Crippen LogP contribution >= 0.6 is 0 Å². The first-order valence-electron chi connectivity index (χ1n) is 7.86. The number of hydrogen-bond acceptors (Lipinski definition) is 5. The fraction of sp³-hybridized carbons (Fsp3) is 0.150. The normalized spacial score (nSPS) is 11.2.